The molecule has 8 heteroatoms. The molecule has 0 aliphatic carbocycles. The highest BCUT2D eigenvalue weighted by Gasteiger charge is 2.40. The van der Waals surface area contributed by atoms with E-state index in [-0.39, 0.29) is 17.5 Å². The highest BCUT2D eigenvalue weighted by atomic mass is 32.2. The molecule has 1 saturated heterocycles. The first-order chi connectivity index (χ1) is 12.0. The third-order valence-corrected chi connectivity index (χ3v) is 6.50. The van der Waals surface area contributed by atoms with E-state index in [0.717, 1.165) is 6.54 Å². The first-order valence-corrected chi connectivity index (χ1v) is 9.91. The molecule has 0 spiro atoms. The monoisotopic (exact) mass is 364 g/mol. The molecule has 2 atom stereocenters. The molecule has 7 nitrogen and oxygen atoms in total. The molecule has 1 aliphatic heterocycles. The molecule has 0 bridgehead atoms. The molecule has 1 aromatic heterocycles. The van der Waals surface area contributed by atoms with Crippen molar-refractivity contribution < 1.29 is 13.5 Å². The summed E-state index contributed by atoms with van der Waals surface area (Å²) in [6.45, 7) is 4.59. The minimum Gasteiger partial charge on any atom is -0.390 e. The minimum absolute atomic E-state index is 0.125. The fourth-order valence-electron chi connectivity index (χ4n) is 3.25. The SMILES string of the molecule is CCN(CCn1cccn1)[C@H]1CN(S(=O)(=O)c2ccccc2)C[C@@H]1O. The highest BCUT2D eigenvalue weighted by molar-refractivity contribution is 7.89. The number of rotatable bonds is 7. The molecule has 1 aliphatic rings. The quantitative estimate of drug-likeness (QED) is 0.780. The summed E-state index contributed by atoms with van der Waals surface area (Å²) >= 11 is 0. The standard InChI is InChI=1S/C17H24N4O3S/c1-2-19(11-12-20-10-6-9-18-20)16-13-21(14-17(16)22)25(23,24)15-7-4-3-5-8-15/h3-10,16-17,22H,2,11-14H2,1H3/t16-,17-/m0/s1. The van der Waals surface area contributed by atoms with Gasteiger partial charge in [-0.15, -0.1) is 0 Å². The van der Waals surface area contributed by atoms with Crippen LogP contribution in [0.2, 0.25) is 0 Å². The summed E-state index contributed by atoms with van der Waals surface area (Å²) in [5, 5.41) is 14.6. The summed E-state index contributed by atoms with van der Waals surface area (Å²) < 4.78 is 28.7. The zero-order valence-electron chi connectivity index (χ0n) is 14.3. The van der Waals surface area contributed by atoms with Gasteiger partial charge in [-0.25, -0.2) is 8.42 Å². The smallest absolute Gasteiger partial charge is 0.243 e. The number of hydrogen-bond donors (Lipinski definition) is 1. The van der Waals surface area contributed by atoms with Crippen LogP contribution in [0.5, 0.6) is 0 Å². The van der Waals surface area contributed by atoms with E-state index < -0.39 is 16.1 Å². The van der Waals surface area contributed by atoms with Crippen LogP contribution in [0.1, 0.15) is 6.92 Å². The first-order valence-electron chi connectivity index (χ1n) is 8.47. The average Bonchev–Trinajstić information content (AvgIpc) is 3.27. The number of aliphatic hydroxyl groups is 1. The predicted octanol–water partition coefficient (Wildman–Crippen LogP) is 0.639. The van der Waals surface area contributed by atoms with Gasteiger partial charge >= 0.3 is 0 Å². The van der Waals surface area contributed by atoms with Crippen LogP contribution in [0, 0.1) is 0 Å². The first kappa shape index (κ1) is 18.1. The average molecular weight is 364 g/mol. The lowest BCUT2D eigenvalue weighted by Crippen LogP contribution is -2.44. The van der Waals surface area contributed by atoms with Crippen LogP contribution in [0.4, 0.5) is 0 Å². The van der Waals surface area contributed by atoms with Gasteiger partial charge < -0.3 is 5.11 Å². The summed E-state index contributed by atoms with van der Waals surface area (Å²) in [4.78, 5) is 2.38. The van der Waals surface area contributed by atoms with Gasteiger partial charge in [0.1, 0.15) is 0 Å². The van der Waals surface area contributed by atoms with E-state index in [1.807, 2.05) is 23.9 Å². The molecule has 2 aromatic rings. The molecule has 1 fully saturated rings. The number of hydrogen-bond acceptors (Lipinski definition) is 5. The lowest BCUT2D eigenvalue weighted by atomic mass is 10.2. The van der Waals surface area contributed by atoms with Crippen molar-refractivity contribution >= 4 is 10.0 Å². The molecule has 0 unspecified atom stereocenters. The van der Waals surface area contributed by atoms with Crippen molar-refractivity contribution in [3.05, 3.63) is 48.8 Å². The van der Waals surface area contributed by atoms with Gasteiger partial charge in [-0.1, -0.05) is 25.1 Å². The van der Waals surface area contributed by atoms with E-state index in [4.69, 9.17) is 0 Å². The summed E-state index contributed by atoms with van der Waals surface area (Å²) in [5.74, 6) is 0. The Kier molecular flexibility index (Phi) is 5.53. The number of nitrogens with zero attached hydrogens (tertiary/aromatic N) is 4. The van der Waals surface area contributed by atoms with Crippen LogP contribution in [0.15, 0.2) is 53.7 Å². The lowest BCUT2D eigenvalue weighted by Gasteiger charge is -2.29. The summed E-state index contributed by atoms with van der Waals surface area (Å²) in [7, 11) is -3.58. The number of aromatic nitrogens is 2. The molecule has 1 N–H and O–H groups in total. The van der Waals surface area contributed by atoms with Gasteiger partial charge in [0.15, 0.2) is 0 Å². The van der Waals surface area contributed by atoms with Gasteiger partial charge in [0.2, 0.25) is 10.0 Å². The molecule has 3 rings (SSSR count). The molecular weight excluding hydrogens is 340 g/mol. The molecule has 1 aromatic carbocycles. The topological polar surface area (TPSA) is 78.7 Å². The Bertz CT molecular complexity index is 764. The molecule has 0 radical (unpaired) electrons. The molecule has 0 amide bonds. The molecular formula is C17H24N4O3S. The maximum atomic E-state index is 12.8. The second-order valence-corrected chi connectivity index (χ2v) is 8.11. The van der Waals surface area contributed by atoms with Gasteiger partial charge in [0.25, 0.3) is 0 Å². The predicted molar refractivity (Wildman–Crippen MR) is 94.5 cm³/mol. The summed E-state index contributed by atoms with van der Waals surface area (Å²) in [6.07, 6.45) is 2.93. The third-order valence-electron chi connectivity index (χ3n) is 4.66. The zero-order chi connectivity index (χ0) is 17.9. The van der Waals surface area contributed by atoms with Crippen LogP contribution in [-0.4, -0.2) is 70.8 Å². The molecule has 2 heterocycles. The molecule has 25 heavy (non-hydrogen) atoms. The van der Waals surface area contributed by atoms with Gasteiger partial charge in [-0.05, 0) is 24.7 Å². The number of β-amino-alcohol motifs (C(OH)–C–C–N with tert-alkyl or cyclic N) is 1. The largest absolute Gasteiger partial charge is 0.390 e. The zero-order valence-corrected chi connectivity index (χ0v) is 15.1. The number of sulfonamides is 1. The van der Waals surface area contributed by atoms with Crippen molar-refractivity contribution in [2.45, 2.75) is 30.5 Å². The summed E-state index contributed by atoms with van der Waals surface area (Å²) in [6, 6.07) is 10.0. The van der Waals surface area contributed by atoms with Crippen molar-refractivity contribution in [1.82, 2.24) is 19.0 Å². The van der Waals surface area contributed by atoms with Crippen molar-refractivity contribution in [2.75, 3.05) is 26.2 Å². The highest BCUT2D eigenvalue weighted by Crippen LogP contribution is 2.24. The Morgan fingerprint density at radius 1 is 1.24 bits per heavy atom. The van der Waals surface area contributed by atoms with E-state index in [0.29, 0.717) is 19.6 Å². The number of benzene rings is 1. The third kappa shape index (κ3) is 3.92. The Labute approximate surface area is 148 Å². The van der Waals surface area contributed by atoms with Crippen LogP contribution in [0.25, 0.3) is 0 Å². The second kappa shape index (κ2) is 7.65. The van der Waals surface area contributed by atoms with Crippen LogP contribution >= 0.6 is 0 Å². The van der Waals surface area contributed by atoms with E-state index in [2.05, 4.69) is 10.00 Å². The van der Waals surface area contributed by atoms with Crippen molar-refractivity contribution in [3.63, 3.8) is 0 Å². The molecule has 136 valence electrons. The Balaban J connectivity index is 1.69. The van der Waals surface area contributed by atoms with E-state index in [1.54, 1.807) is 36.5 Å². The van der Waals surface area contributed by atoms with Gasteiger partial charge in [0, 0.05) is 32.0 Å². The van der Waals surface area contributed by atoms with Crippen LogP contribution < -0.4 is 0 Å². The van der Waals surface area contributed by atoms with Crippen molar-refractivity contribution in [1.29, 1.82) is 0 Å². The maximum Gasteiger partial charge on any atom is 0.243 e. The van der Waals surface area contributed by atoms with Crippen molar-refractivity contribution in [3.8, 4) is 0 Å². The van der Waals surface area contributed by atoms with Gasteiger partial charge in [-0.2, -0.15) is 9.40 Å². The Hall–Kier alpha value is -1.74. The summed E-state index contributed by atoms with van der Waals surface area (Å²) in [5.41, 5.74) is 0. The normalized spacial score (nSPS) is 21.9. The number of aliphatic hydroxyl groups excluding tert-OH is 1. The maximum absolute atomic E-state index is 12.8. The van der Waals surface area contributed by atoms with E-state index in [9.17, 15) is 13.5 Å². The minimum atomic E-state index is -3.58. The van der Waals surface area contributed by atoms with Gasteiger partial charge in [-0.3, -0.25) is 9.58 Å². The number of likely N-dealkylation sites (N-methyl/N-ethyl adjacent to an activating group) is 1. The van der Waals surface area contributed by atoms with Crippen LogP contribution in [0.3, 0.4) is 0 Å². The van der Waals surface area contributed by atoms with E-state index >= 15 is 0 Å². The second-order valence-electron chi connectivity index (χ2n) is 6.17. The van der Waals surface area contributed by atoms with Crippen molar-refractivity contribution in [2.24, 2.45) is 0 Å². The molecule has 0 saturated carbocycles. The fraction of sp³-hybridized carbons (Fsp3) is 0.471. The lowest BCUT2D eigenvalue weighted by molar-refractivity contribution is 0.0833. The van der Waals surface area contributed by atoms with Crippen LogP contribution in [-0.2, 0) is 16.6 Å². The fourth-order valence-corrected chi connectivity index (χ4v) is 4.75. The van der Waals surface area contributed by atoms with Gasteiger partial charge in [0.05, 0.1) is 23.6 Å². The Morgan fingerprint density at radius 3 is 2.64 bits per heavy atom. The Morgan fingerprint density at radius 2 is 2.00 bits per heavy atom. The van der Waals surface area contributed by atoms with E-state index in [1.165, 1.54) is 4.31 Å².